The molecule has 2 aliphatic rings. The molecule has 40 heavy (non-hydrogen) atoms. The highest BCUT2D eigenvalue weighted by atomic mass is 32.2. The van der Waals surface area contributed by atoms with Crippen LogP contribution < -0.4 is 20.1 Å². The third-order valence-corrected chi connectivity index (χ3v) is 7.93. The maximum atomic E-state index is 13.5. The third kappa shape index (κ3) is 5.64. The minimum atomic E-state index is -1.23. The molecule has 0 aliphatic carbocycles. The fourth-order valence-electron chi connectivity index (χ4n) is 4.67. The first-order chi connectivity index (χ1) is 18.8. The molecule has 2 aromatic carbocycles. The molecule has 0 spiro atoms. The molecule has 1 unspecified atom stereocenters. The second-order valence-corrected chi connectivity index (χ2v) is 11.5. The van der Waals surface area contributed by atoms with E-state index in [1.54, 1.807) is 44.2 Å². The Hall–Kier alpha value is -4.39. The van der Waals surface area contributed by atoms with E-state index in [0.717, 1.165) is 6.92 Å². The smallest absolute Gasteiger partial charge is 0.327 e. The summed E-state index contributed by atoms with van der Waals surface area (Å²) in [6.07, 6.45) is 0. The van der Waals surface area contributed by atoms with Gasteiger partial charge >= 0.3 is 17.9 Å². The van der Waals surface area contributed by atoms with Crippen molar-refractivity contribution in [2.45, 2.75) is 55.9 Å². The normalized spacial score (nSPS) is 21.4. The summed E-state index contributed by atoms with van der Waals surface area (Å²) >= 11 is 1.28. The second-order valence-electron chi connectivity index (χ2n) is 9.75. The molecule has 0 bridgehead atoms. The Morgan fingerprint density at radius 1 is 0.975 bits per heavy atom. The van der Waals surface area contributed by atoms with Crippen LogP contribution in [0.25, 0.3) is 0 Å². The van der Waals surface area contributed by atoms with E-state index in [4.69, 9.17) is 9.47 Å². The van der Waals surface area contributed by atoms with Crippen molar-refractivity contribution in [1.29, 1.82) is 0 Å². The highest BCUT2D eigenvalue weighted by molar-refractivity contribution is 8.01. The summed E-state index contributed by atoms with van der Waals surface area (Å²) in [4.78, 5) is 75.6. The molecule has 2 heterocycles. The number of β-lactam (4-membered cyclic amide) rings is 1. The molecule has 0 saturated carbocycles. The van der Waals surface area contributed by atoms with Crippen LogP contribution in [0, 0.1) is 0 Å². The number of thioether (sulfide) groups is 1. The van der Waals surface area contributed by atoms with Crippen molar-refractivity contribution in [2.75, 3.05) is 0 Å². The third-order valence-electron chi connectivity index (χ3n) is 6.36. The molecule has 13 heteroatoms. The number of nitrogens with zero attached hydrogens (tertiary/aromatic N) is 1. The molecule has 2 aromatic rings. The number of amides is 3. The van der Waals surface area contributed by atoms with Crippen molar-refractivity contribution < 1.29 is 43.3 Å². The summed E-state index contributed by atoms with van der Waals surface area (Å²) in [6, 6.07) is 8.93. The molecular formula is C27H27N3O9S. The van der Waals surface area contributed by atoms with Crippen molar-refractivity contribution >= 4 is 47.4 Å². The van der Waals surface area contributed by atoms with Crippen LogP contribution in [0.5, 0.6) is 11.5 Å². The van der Waals surface area contributed by atoms with Crippen molar-refractivity contribution in [3.8, 4) is 11.5 Å². The van der Waals surface area contributed by atoms with E-state index in [0.29, 0.717) is 5.56 Å². The highest BCUT2D eigenvalue weighted by Crippen LogP contribution is 2.50. The molecule has 12 nitrogen and oxygen atoms in total. The number of hydrogen-bond donors (Lipinski definition) is 3. The number of carbonyl (C=O) groups is 6. The summed E-state index contributed by atoms with van der Waals surface area (Å²) in [5.74, 6) is -4.62. The zero-order chi connectivity index (χ0) is 29.4. The minimum Gasteiger partial charge on any atom is -0.480 e. The number of aliphatic carboxylic acids is 1. The molecule has 210 valence electrons. The zero-order valence-corrected chi connectivity index (χ0v) is 22.8. The number of carbonyl (C=O) groups excluding carboxylic acids is 5. The Kier molecular flexibility index (Phi) is 7.87. The molecule has 4 rings (SSSR count). The standard InChI is InChI=1S/C27H27N3O9S/c1-13(31)38-17-11-10-16(12-18(17)39-14(2)32)22(33)28-19(15-8-6-5-7-9-15)23(34)29-20-24(35)30-21(26(36)37)27(3,4)40-25(20)30/h5-12,19-21,25H,1-4H3,(H,28,33)(H,29,34)(H,36,37)/t19?,20-,21+,25-/m1/s1. The number of carboxylic acids is 1. The van der Waals surface area contributed by atoms with Gasteiger partial charge in [0.1, 0.15) is 23.5 Å². The van der Waals surface area contributed by atoms with Crippen LogP contribution in [0.15, 0.2) is 48.5 Å². The van der Waals surface area contributed by atoms with Gasteiger partial charge in [-0.25, -0.2) is 4.79 Å². The van der Waals surface area contributed by atoms with Crippen LogP contribution in [0.3, 0.4) is 0 Å². The average molecular weight is 570 g/mol. The van der Waals surface area contributed by atoms with Gasteiger partial charge < -0.3 is 30.1 Å². The van der Waals surface area contributed by atoms with Gasteiger partial charge in [-0.15, -0.1) is 11.8 Å². The Morgan fingerprint density at radius 3 is 2.20 bits per heavy atom. The summed E-state index contributed by atoms with van der Waals surface area (Å²) in [5, 5.41) is 14.4. The summed E-state index contributed by atoms with van der Waals surface area (Å²) in [7, 11) is 0. The molecule has 3 amide bonds. The minimum absolute atomic E-state index is 0.00387. The highest BCUT2D eigenvalue weighted by Gasteiger charge is 2.64. The molecule has 2 aliphatic heterocycles. The molecule has 0 radical (unpaired) electrons. The quantitative estimate of drug-likeness (QED) is 0.241. The zero-order valence-electron chi connectivity index (χ0n) is 22.0. The van der Waals surface area contributed by atoms with Gasteiger partial charge in [-0.2, -0.15) is 0 Å². The number of carboxylic acid groups (broad SMARTS) is 1. The molecule has 4 atom stereocenters. The van der Waals surface area contributed by atoms with E-state index >= 15 is 0 Å². The van der Waals surface area contributed by atoms with E-state index in [1.807, 2.05) is 0 Å². The lowest BCUT2D eigenvalue weighted by atomic mass is 9.95. The van der Waals surface area contributed by atoms with Crippen LogP contribution in [0.1, 0.15) is 49.7 Å². The van der Waals surface area contributed by atoms with Crippen molar-refractivity contribution in [2.24, 2.45) is 0 Å². The van der Waals surface area contributed by atoms with Gasteiger partial charge in [0.25, 0.3) is 5.91 Å². The summed E-state index contributed by atoms with van der Waals surface area (Å²) < 4.78 is 9.34. The van der Waals surface area contributed by atoms with Crippen molar-refractivity contribution in [3.05, 3.63) is 59.7 Å². The Balaban J connectivity index is 1.56. The van der Waals surface area contributed by atoms with Gasteiger partial charge in [0.05, 0.1) is 0 Å². The van der Waals surface area contributed by atoms with Gasteiger partial charge in [-0.3, -0.25) is 24.0 Å². The predicted molar refractivity (Wildman–Crippen MR) is 141 cm³/mol. The van der Waals surface area contributed by atoms with E-state index in [9.17, 15) is 33.9 Å². The van der Waals surface area contributed by atoms with Crippen LogP contribution in [0.2, 0.25) is 0 Å². The summed E-state index contributed by atoms with van der Waals surface area (Å²) in [6.45, 7) is 5.76. The number of nitrogens with one attached hydrogen (secondary N) is 2. The number of ether oxygens (including phenoxy) is 2. The molecule has 2 saturated heterocycles. The lowest BCUT2D eigenvalue weighted by Crippen LogP contribution is -2.71. The molecule has 0 aromatic heterocycles. The number of hydrogen-bond acceptors (Lipinski definition) is 9. The van der Waals surface area contributed by atoms with E-state index in [2.05, 4.69) is 10.6 Å². The first-order valence-corrected chi connectivity index (χ1v) is 13.1. The first-order valence-electron chi connectivity index (χ1n) is 12.2. The molecule has 3 N–H and O–H groups in total. The Bertz CT molecular complexity index is 1390. The summed E-state index contributed by atoms with van der Waals surface area (Å²) in [5.41, 5.74) is 0.431. The Labute approximate surface area is 233 Å². The van der Waals surface area contributed by atoms with Crippen LogP contribution in [-0.4, -0.2) is 67.8 Å². The fourth-order valence-corrected chi connectivity index (χ4v) is 6.29. The average Bonchev–Trinajstić information content (AvgIpc) is 3.14. The molecule has 2 fully saturated rings. The number of esters is 2. The first kappa shape index (κ1) is 28.6. The monoisotopic (exact) mass is 569 g/mol. The van der Waals surface area contributed by atoms with E-state index < -0.39 is 63.9 Å². The van der Waals surface area contributed by atoms with E-state index in [-0.39, 0.29) is 17.1 Å². The Morgan fingerprint density at radius 2 is 1.60 bits per heavy atom. The maximum Gasteiger partial charge on any atom is 0.327 e. The molecular weight excluding hydrogens is 542 g/mol. The lowest BCUT2D eigenvalue weighted by molar-refractivity contribution is -0.161. The predicted octanol–water partition coefficient (Wildman–Crippen LogP) is 1.64. The number of benzene rings is 2. The maximum absolute atomic E-state index is 13.5. The van der Waals surface area contributed by atoms with Crippen LogP contribution in [-0.2, 0) is 24.0 Å². The van der Waals surface area contributed by atoms with Gasteiger partial charge in [0.15, 0.2) is 11.5 Å². The van der Waals surface area contributed by atoms with Crippen molar-refractivity contribution in [1.82, 2.24) is 15.5 Å². The van der Waals surface area contributed by atoms with E-state index in [1.165, 1.54) is 41.8 Å². The fraction of sp³-hybridized carbons (Fsp3) is 0.333. The van der Waals surface area contributed by atoms with Gasteiger partial charge in [0.2, 0.25) is 11.8 Å². The van der Waals surface area contributed by atoms with Crippen LogP contribution in [0.4, 0.5) is 0 Å². The van der Waals surface area contributed by atoms with Gasteiger partial charge in [-0.1, -0.05) is 30.3 Å². The largest absolute Gasteiger partial charge is 0.480 e. The SMILES string of the molecule is CC(=O)Oc1ccc(C(=O)NC(C(=O)N[C@@H]2C(=O)N3[C@@H]2SC(C)(C)[C@@H]3C(=O)O)c2ccccc2)cc1OC(C)=O. The van der Waals surface area contributed by atoms with Crippen LogP contribution >= 0.6 is 11.8 Å². The second kappa shape index (κ2) is 11.0. The topological polar surface area (TPSA) is 168 Å². The number of rotatable bonds is 8. The lowest BCUT2D eigenvalue weighted by Gasteiger charge is -2.44. The van der Waals surface area contributed by atoms with Gasteiger partial charge in [-0.05, 0) is 37.6 Å². The number of fused-ring (bicyclic) bond motifs is 1. The van der Waals surface area contributed by atoms with Crippen molar-refractivity contribution in [3.63, 3.8) is 0 Å². The van der Waals surface area contributed by atoms with Gasteiger partial charge in [0, 0.05) is 24.2 Å².